The zero-order chi connectivity index (χ0) is 17.7. The first-order valence-electron chi connectivity index (χ1n) is 7.19. The van der Waals surface area contributed by atoms with Crippen molar-refractivity contribution in [3.05, 3.63) is 41.7 Å². The van der Waals surface area contributed by atoms with Gasteiger partial charge in [-0.15, -0.1) is 5.10 Å². The van der Waals surface area contributed by atoms with E-state index in [2.05, 4.69) is 20.9 Å². The Bertz CT molecular complexity index is 751. The molecule has 0 saturated carbocycles. The van der Waals surface area contributed by atoms with Gasteiger partial charge >= 0.3 is 5.97 Å². The molecule has 2 rings (SSSR count). The lowest BCUT2D eigenvalue weighted by Crippen LogP contribution is -2.30. The number of carboxylic acids is 1. The van der Waals surface area contributed by atoms with Crippen LogP contribution in [-0.4, -0.2) is 43.9 Å². The SMILES string of the molecule is CC(C)NC(=O)c1ccc(NC(=O)Cn2cc(C(=O)O)nn2)cc1. The minimum atomic E-state index is -1.21. The molecule has 0 unspecified atom stereocenters. The van der Waals surface area contributed by atoms with Gasteiger partial charge in [-0.1, -0.05) is 5.21 Å². The van der Waals surface area contributed by atoms with Gasteiger partial charge in [0.15, 0.2) is 5.69 Å². The lowest BCUT2D eigenvalue weighted by atomic mass is 10.2. The quantitative estimate of drug-likeness (QED) is 0.717. The molecule has 1 aromatic heterocycles. The fraction of sp³-hybridized carbons (Fsp3) is 0.267. The van der Waals surface area contributed by atoms with Crippen LogP contribution in [0, 0.1) is 0 Å². The number of anilines is 1. The monoisotopic (exact) mass is 331 g/mol. The summed E-state index contributed by atoms with van der Waals surface area (Å²) in [6, 6.07) is 6.46. The zero-order valence-electron chi connectivity index (χ0n) is 13.2. The Morgan fingerprint density at radius 1 is 1.21 bits per heavy atom. The number of aromatic carboxylic acids is 1. The average Bonchev–Trinajstić information content (AvgIpc) is 2.95. The summed E-state index contributed by atoms with van der Waals surface area (Å²) < 4.78 is 1.13. The standard InChI is InChI=1S/C15H17N5O4/c1-9(2)16-14(22)10-3-5-11(6-4-10)17-13(21)8-20-7-12(15(23)24)18-19-20/h3-7,9H,8H2,1-2H3,(H,16,22)(H,17,21)(H,23,24). The number of carboxylic acid groups (broad SMARTS) is 1. The molecule has 0 aliphatic carbocycles. The number of carbonyl (C=O) groups is 3. The molecule has 2 aromatic rings. The predicted octanol–water partition coefficient (Wildman–Crippen LogP) is 0.753. The largest absolute Gasteiger partial charge is 0.476 e. The lowest BCUT2D eigenvalue weighted by molar-refractivity contribution is -0.116. The molecule has 1 heterocycles. The minimum absolute atomic E-state index is 0.0373. The third-order valence-electron chi connectivity index (χ3n) is 2.91. The maximum absolute atomic E-state index is 11.9. The van der Waals surface area contributed by atoms with Crippen molar-refractivity contribution in [3.63, 3.8) is 0 Å². The van der Waals surface area contributed by atoms with Crippen LogP contribution >= 0.6 is 0 Å². The highest BCUT2D eigenvalue weighted by atomic mass is 16.4. The van der Waals surface area contributed by atoms with E-state index in [1.165, 1.54) is 6.20 Å². The maximum atomic E-state index is 11.9. The molecule has 3 N–H and O–H groups in total. The van der Waals surface area contributed by atoms with Crippen molar-refractivity contribution in [2.75, 3.05) is 5.32 Å². The van der Waals surface area contributed by atoms with Gasteiger partial charge < -0.3 is 15.7 Å². The van der Waals surface area contributed by atoms with Gasteiger partial charge in [-0.2, -0.15) is 0 Å². The second-order valence-corrected chi connectivity index (χ2v) is 5.36. The minimum Gasteiger partial charge on any atom is -0.476 e. The predicted molar refractivity (Wildman–Crippen MR) is 84.7 cm³/mol. The number of rotatable bonds is 6. The van der Waals surface area contributed by atoms with Gasteiger partial charge in [0, 0.05) is 17.3 Å². The van der Waals surface area contributed by atoms with E-state index in [9.17, 15) is 14.4 Å². The number of hydrogen-bond acceptors (Lipinski definition) is 5. The molecule has 0 bridgehead atoms. The van der Waals surface area contributed by atoms with Crippen molar-refractivity contribution in [1.29, 1.82) is 0 Å². The Morgan fingerprint density at radius 2 is 1.88 bits per heavy atom. The van der Waals surface area contributed by atoms with Crippen molar-refractivity contribution >= 4 is 23.5 Å². The molecule has 0 aliphatic heterocycles. The van der Waals surface area contributed by atoms with Gasteiger partial charge in [0.2, 0.25) is 5.91 Å². The van der Waals surface area contributed by atoms with Crippen molar-refractivity contribution < 1.29 is 19.5 Å². The molecule has 0 spiro atoms. The molecule has 24 heavy (non-hydrogen) atoms. The van der Waals surface area contributed by atoms with Crippen molar-refractivity contribution in [2.45, 2.75) is 26.4 Å². The number of benzene rings is 1. The highest BCUT2D eigenvalue weighted by Crippen LogP contribution is 2.10. The summed E-state index contributed by atoms with van der Waals surface area (Å²) in [5.41, 5.74) is 0.770. The number of carbonyl (C=O) groups excluding carboxylic acids is 2. The molecule has 0 saturated heterocycles. The summed E-state index contributed by atoms with van der Waals surface area (Å²) in [4.78, 5) is 34.4. The van der Waals surface area contributed by atoms with Crippen molar-refractivity contribution in [2.24, 2.45) is 0 Å². The Morgan fingerprint density at radius 3 is 2.42 bits per heavy atom. The van der Waals surface area contributed by atoms with E-state index in [-0.39, 0.29) is 24.2 Å². The molecular formula is C15H17N5O4. The van der Waals surface area contributed by atoms with Crippen LogP contribution in [0.1, 0.15) is 34.7 Å². The molecule has 126 valence electrons. The van der Waals surface area contributed by atoms with Gasteiger partial charge in [0.05, 0.1) is 6.20 Å². The van der Waals surface area contributed by atoms with Gasteiger partial charge in [-0.25, -0.2) is 9.48 Å². The molecule has 2 amide bonds. The molecule has 1 aromatic carbocycles. The first-order valence-corrected chi connectivity index (χ1v) is 7.19. The van der Waals surface area contributed by atoms with Crippen molar-refractivity contribution in [1.82, 2.24) is 20.3 Å². The van der Waals surface area contributed by atoms with Crippen LogP contribution in [0.5, 0.6) is 0 Å². The van der Waals surface area contributed by atoms with Crippen LogP contribution in [0.4, 0.5) is 5.69 Å². The first kappa shape index (κ1) is 17.1. The number of nitrogens with one attached hydrogen (secondary N) is 2. The maximum Gasteiger partial charge on any atom is 0.358 e. The second-order valence-electron chi connectivity index (χ2n) is 5.36. The van der Waals surface area contributed by atoms with E-state index < -0.39 is 11.9 Å². The van der Waals surface area contributed by atoms with Gasteiger partial charge in [0.1, 0.15) is 6.54 Å². The van der Waals surface area contributed by atoms with E-state index in [4.69, 9.17) is 5.11 Å². The van der Waals surface area contributed by atoms with Crippen LogP contribution < -0.4 is 10.6 Å². The fourth-order valence-electron chi connectivity index (χ4n) is 1.87. The second kappa shape index (κ2) is 7.36. The van der Waals surface area contributed by atoms with E-state index >= 15 is 0 Å². The van der Waals surface area contributed by atoms with E-state index in [1.54, 1.807) is 24.3 Å². The van der Waals surface area contributed by atoms with Crippen molar-refractivity contribution in [3.8, 4) is 0 Å². The number of nitrogens with zero attached hydrogens (tertiary/aromatic N) is 3. The smallest absolute Gasteiger partial charge is 0.358 e. The summed E-state index contributed by atoms with van der Waals surface area (Å²) in [6.45, 7) is 3.56. The fourth-order valence-corrected chi connectivity index (χ4v) is 1.87. The summed E-state index contributed by atoms with van der Waals surface area (Å²) in [7, 11) is 0. The number of aromatic nitrogens is 3. The Hall–Kier alpha value is -3.23. The Balaban J connectivity index is 1.94. The van der Waals surface area contributed by atoms with Gasteiger partial charge in [-0.3, -0.25) is 9.59 Å². The molecular weight excluding hydrogens is 314 g/mol. The van der Waals surface area contributed by atoms with E-state index in [0.717, 1.165) is 4.68 Å². The summed E-state index contributed by atoms with van der Waals surface area (Å²) in [5.74, 6) is -1.79. The first-order chi connectivity index (χ1) is 11.3. The van der Waals surface area contributed by atoms with Crippen LogP contribution in [0.3, 0.4) is 0 Å². The third-order valence-corrected chi connectivity index (χ3v) is 2.91. The summed E-state index contributed by atoms with van der Waals surface area (Å²) >= 11 is 0. The molecule has 0 fully saturated rings. The van der Waals surface area contributed by atoms with Crippen LogP contribution in [-0.2, 0) is 11.3 Å². The molecule has 0 atom stereocenters. The lowest BCUT2D eigenvalue weighted by Gasteiger charge is -2.09. The van der Waals surface area contributed by atoms with Gasteiger partial charge in [-0.05, 0) is 38.1 Å². The Kier molecular flexibility index (Phi) is 5.25. The van der Waals surface area contributed by atoms with Crippen LogP contribution in [0.2, 0.25) is 0 Å². The highest BCUT2D eigenvalue weighted by Gasteiger charge is 2.11. The normalized spacial score (nSPS) is 10.5. The zero-order valence-corrected chi connectivity index (χ0v) is 13.2. The molecule has 9 heteroatoms. The number of amides is 2. The Labute approximate surface area is 137 Å². The van der Waals surface area contributed by atoms with Crippen LogP contribution in [0.25, 0.3) is 0 Å². The van der Waals surface area contributed by atoms with E-state index in [1.807, 2.05) is 13.8 Å². The number of hydrogen-bond donors (Lipinski definition) is 3. The molecule has 0 aliphatic rings. The summed E-state index contributed by atoms with van der Waals surface area (Å²) in [5, 5.41) is 21.1. The average molecular weight is 331 g/mol. The molecule has 9 nitrogen and oxygen atoms in total. The van der Waals surface area contributed by atoms with E-state index in [0.29, 0.717) is 11.3 Å². The van der Waals surface area contributed by atoms with Gasteiger partial charge in [0.25, 0.3) is 5.91 Å². The van der Waals surface area contributed by atoms with Crippen LogP contribution in [0.15, 0.2) is 30.5 Å². The summed E-state index contributed by atoms with van der Waals surface area (Å²) in [6.07, 6.45) is 1.17. The molecule has 0 radical (unpaired) electrons. The highest BCUT2D eigenvalue weighted by molar-refractivity contribution is 5.95. The topological polar surface area (TPSA) is 126 Å². The third kappa shape index (κ3) is 4.63.